The van der Waals surface area contributed by atoms with Crippen molar-refractivity contribution in [2.24, 2.45) is 0 Å². The average molecular weight is 216 g/mol. The lowest BCUT2D eigenvalue weighted by Crippen LogP contribution is -2.43. The highest BCUT2D eigenvalue weighted by atomic mass is 16.4. The van der Waals surface area contributed by atoms with Crippen LogP contribution in [-0.2, 0) is 4.79 Å². The van der Waals surface area contributed by atoms with Gasteiger partial charge in [0.1, 0.15) is 0 Å². The Morgan fingerprint density at radius 3 is 2.13 bits per heavy atom. The normalized spacial score (nSPS) is 10.2. The van der Waals surface area contributed by atoms with Gasteiger partial charge in [-0.25, -0.2) is 4.79 Å². The van der Waals surface area contributed by atoms with E-state index >= 15 is 0 Å². The number of amides is 2. The summed E-state index contributed by atoms with van der Waals surface area (Å²) >= 11 is 0. The van der Waals surface area contributed by atoms with E-state index in [9.17, 15) is 9.59 Å². The molecule has 0 aromatic rings. The van der Waals surface area contributed by atoms with Gasteiger partial charge in [-0.05, 0) is 20.3 Å². The van der Waals surface area contributed by atoms with Crippen LogP contribution in [0.2, 0.25) is 0 Å². The Bertz CT molecular complexity index is 227. The van der Waals surface area contributed by atoms with Gasteiger partial charge in [-0.3, -0.25) is 4.79 Å². The molecule has 0 aliphatic heterocycles. The Hall–Kier alpha value is -1.26. The van der Waals surface area contributed by atoms with Crippen LogP contribution in [0, 0.1) is 0 Å². The Morgan fingerprint density at radius 2 is 1.80 bits per heavy atom. The molecule has 5 nitrogen and oxygen atoms in total. The third-order valence-corrected chi connectivity index (χ3v) is 2.04. The van der Waals surface area contributed by atoms with E-state index in [4.69, 9.17) is 5.11 Å². The number of hydrogen-bond acceptors (Lipinski definition) is 2. The third kappa shape index (κ3) is 5.24. The Balaban J connectivity index is 4.17. The molecule has 1 N–H and O–H groups in total. The van der Waals surface area contributed by atoms with E-state index in [0.29, 0.717) is 13.0 Å². The highest BCUT2D eigenvalue weighted by Crippen LogP contribution is 2.04. The number of carbonyl (C=O) groups is 2. The largest absolute Gasteiger partial charge is 0.481 e. The van der Waals surface area contributed by atoms with Crippen LogP contribution in [0.3, 0.4) is 0 Å². The van der Waals surface area contributed by atoms with Crippen LogP contribution in [0.1, 0.15) is 26.7 Å². The predicted octanol–water partition coefficient (Wildman–Crippen LogP) is 1.24. The van der Waals surface area contributed by atoms with Gasteiger partial charge in [-0.15, -0.1) is 0 Å². The number of carbonyl (C=O) groups excluding carboxylic acids is 1. The second-order valence-corrected chi connectivity index (χ2v) is 3.96. The van der Waals surface area contributed by atoms with Crippen LogP contribution < -0.4 is 0 Å². The Labute approximate surface area is 90.7 Å². The van der Waals surface area contributed by atoms with Crippen molar-refractivity contribution in [2.75, 3.05) is 20.6 Å². The zero-order chi connectivity index (χ0) is 12.0. The molecule has 0 aromatic carbocycles. The monoisotopic (exact) mass is 216 g/mol. The first-order valence-electron chi connectivity index (χ1n) is 5.06. The van der Waals surface area contributed by atoms with E-state index in [1.807, 2.05) is 13.8 Å². The number of aliphatic carboxylic acids is 1. The summed E-state index contributed by atoms with van der Waals surface area (Å²) in [6.45, 7) is 4.32. The topological polar surface area (TPSA) is 60.9 Å². The molecular formula is C10H20N2O3. The summed E-state index contributed by atoms with van der Waals surface area (Å²) in [5.74, 6) is -0.823. The molecule has 0 saturated carbocycles. The highest BCUT2D eigenvalue weighted by Gasteiger charge is 2.18. The highest BCUT2D eigenvalue weighted by molar-refractivity contribution is 5.74. The van der Waals surface area contributed by atoms with Gasteiger partial charge in [0.15, 0.2) is 0 Å². The van der Waals surface area contributed by atoms with E-state index in [2.05, 4.69) is 0 Å². The number of urea groups is 1. The minimum Gasteiger partial charge on any atom is -0.481 e. The predicted molar refractivity (Wildman–Crippen MR) is 57.8 cm³/mol. The van der Waals surface area contributed by atoms with Gasteiger partial charge in [0.05, 0.1) is 0 Å². The lowest BCUT2D eigenvalue weighted by Gasteiger charge is -2.29. The molecule has 0 atom stereocenters. The third-order valence-electron chi connectivity index (χ3n) is 2.04. The molecule has 88 valence electrons. The molecule has 2 amide bonds. The van der Waals surface area contributed by atoms with Crippen LogP contribution in [0.25, 0.3) is 0 Å². The van der Waals surface area contributed by atoms with Crippen molar-refractivity contribution in [3.05, 3.63) is 0 Å². The van der Waals surface area contributed by atoms with Gasteiger partial charge in [0, 0.05) is 33.1 Å². The summed E-state index contributed by atoms with van der Waals surface area (Å²) in [5.41, 5.74) is 0. The first kappa shape index (κ1) is 13.7. The maximum absolute atomic E-state index is 11.7. The smallest absolute Gasteiger partial charge is 0.319 e. The van der Waals surface area contributed by atoms with E-state index in [1.165, 1.54) is 4.90 Å². The van der Waals surface area contributed by atoms with E-state index < -0.39 is 5.97 Å². The Kier molecular flexibility index (Phi) is 5.74. The van der Waals surface area contributed by atoms with Crippen LogP contribution in [0.4, 0.5) is 4.79 Å². The molecule has 0 heterocycles. The van der Waals surface area contributed by atoms with Crippen molar-refractivity contribution in [3.8, 4) is 0 Å². The first-order valence-corrected chi connectivity index (χ1v) is 5.06. The molecule has 0 fully saturated rings. The van der Waals surface area contributed by atoms with Crippen molar-refractivity contribution >= 4 is 12.0 Å². The molecule has 0 aliphatic rings. The molecule has 0 rings (SSSR count). The van der Waals surface area contributed by atoms with Gasteiger partial charge in [-0.2, -0.15) is 0 Å². The van der Waals surface area contributed by atoms with Crippen molar-refractivity contribution in [2.45, 2.75) is 32.7 Å². The first-order chi connectivity index (χ1) is 6.86. The van der Waals surface area contributed by atoms with Gasteiger partial charge in [-0.1, -0.05) is 0 Å². The number of rotatable bonds is 5. The maximum atomic E-state index is 11.7. The number of nitrogens with zero attached hydrogens (tertiary/aromatic N) is 2. The van der Waals surface area contributed by atoms with Gasteiger partial charge in [0.25, 0.3) is 0 Å². The lowest BCUT2D eigenvalue weighted by molar-refractivity contribution is -0.137. The Morgan fingerprint density at radius 1 is 1.27 bits per heavy atom. The SMILES string of the molecule is CC(C)N(CCCC(=O)O)C(=O)N(C)C. The fourth-order valence-electron chi connectivity index (χ4n) is 1.23. The van der Waals surface area contributed by atoms with Crippen molar-refractivity contribution in [3.63, 3.8) is 0 Å². The summed E-state index contributed by atoms with van der Waals surface area (Å²) < 4.78 is 0. The van der Waals surface area contributed by atoms with Crippen LogP contribution >= 0.6 is 0 Å². The van der Waals surface area contributed by atoms with Gasteiger partial charge < -0.3 is 14.9 Å². The molecule has 5 heteroatoms. The second kappa shape index (κ2) is 6.27. The maximum Gasteiger partial charge on any atom is 0.319 e. The van der Waals surface area contributed by atoms with Crippen molar-refractivity contribution < 1.29 is 14.7 Å². The molecule has 0 aromatic heterocycles. The molecule has 0 aliphatic carbocycles. The summed E-state index contributed by atoms with van der Waals surface area (Å²) in [4.78, 5) is 25.2. The van der Waals surface area contributed by atoms with Crippen molar-refractivity contribution in [1.82, 2.24) is 9.80 Å². The van der Waals surface area contributed by atoms with Crippen LogP contribution in [0.15, 0.2) is 0 Å². The zero-order valence-corrected chi connectivity index (χ0v) is 9.86. The van der Waals surface area contributed by atoms with E-state index in [1.54, 1.807) is 19.0 Å². The van der Waals surface area contributed by atoms with Crippen molar-refractivity contribution in [1.29, 1.82) is 0 Å². The summed E-state index contributed by atoms with van der Waals surface area (Å²) in [7, 11) is 3.38. The molecule has 0 bridgehead atoms. The summed E-state index contributed by atoms with van der Waals surface area (Å²) in [6, 6.07) is 0.0177. The molecule has 0 saturated heterocycles. The van der Waals surface area contributed by atoms with Gasteiger partial charge in [0.2, 0.25) is 0 Å². The number of hydrogen-bond donors (Lipinski definition) is 1. The molecule has 15 heavy (non-hydrogen) atoms. The fourth-order valence-corrected chi connectivity index (χ4v) is 1.23. The molecule has 0 spiro atoms. The van der Waals surface area contributed by atoms with Gasteiger partial charge >= 0.3 is 12.0 Å². The van der Waals surface area contributed by atoms with E-state index in [0.717, 1.165) is 0 Å². The summed E-state index contributed by atoms with van der Waals surface area (Å²) in [5, 5.41) is 8.50. The fraction of sp³-hybridized carbons (Fsp3) is 0.800. The lowest BCUT2D eigenvalue weighted by atomic mass is 10.2. The molecule has 0 radical (unpaired) electrons. The van der Waals surface area contributed by atoms with Crippen LogP contribution in [0.5, 0.6) is 0 Å². The molecule has 0 unspecified atom stereocenters. The quantitative estimate of drug-likeness (QED) is 0.752. The van der Waals surface area contributed by atoms with Crippen LogP contribution in [-0.4, -0.2) is 53.6 Å². The standard InChI is InChI=1S/C10H20N2O3/c1-8(2)12(10(15)11(3)4)7-5-6-9(13)14/h8H,5-7H2,1-4H3,(H,13,14). The molecular weight excluding hydrogens is 196 g/mol. The second-order valence-electron chi connectivity index (χ2n) is 3.96. The minimum absolute atomic E-state index is 0.0737. The number of carboxylic acids is 1. The summed E-state index contributed by atoms with van der Waals surface area (Å²) in [6.07, 6.45) is 0.594. The van der Waals surface area contributed by atoms with E-state index in [-0.39, 0.29) is 18.5 Å². The zero-order valence-electron chi connectivity index (χ0n) is 9.86. The average Bonchev–Trinajstić information content (AvgIpc) is 2.10. The number of carboxylic acid groups (broad SMARTS) is 1. The minimum atomic E-state index is -0.823.